The van der Waals surface area contributed by atoms with E-state index in [1.54, 1.807) is 6.92 Å². The Morgan fingerprint density at radius 3 is 1.24 bits per heavy atom. The molecule has 0 aromatic rings. The maximum Gasteiger partial charge on any atom is 0.267 e. The van der Waals surface area contributed by atoms with Crippen LogP contribution in [0.1, 0.15) is 142 Å². The number of aliphatic hydroxyl groups excluding tert-OH is 1. The lowest BCUT2D eigenvalue weighted by Crippen LogP contribution is -2.16. The Morgan fingerprint density at radius 1 is 0.586 bits per heavy atom. The van der Waals surface area contributed by atoms with Gasteiger partial charge in [-0.1, -0.05) is 116 Å². The van der Waals surface area contributed by atoms with Crippen molar-refractivity contribution in [1.82, 2.24) is 0 Å². The van der Waals surface area contributed by atoms with Crippen LogP contribution >= 0.6 is 0 Å². The van der Waals surface area contributed by atoms with E-state index in [1.165, 1.54) is 96.3 Å². The molecule has 0 aliphatic rings. The lowest BCUT2D eigenvalue weighted by Gasteiger charge is -2.09. The van der Waals surface area contributed by atoms with E-state index < -0.39 is 15.4 Å². The molecule has 4 nitrogen and oxygen atoms in total. The molecule has 0 rings (SSSR count). The first kappa shape index (κ1) is 28.9. The second-order valence-corrected chi connectivity index (χ2v) is 10.8. The standard InChI is InChI=1S/C24H50O4S/c1-3-4-17-21-24(25)22-19-16-14-12-10-8-6-5-7-9-11-13-15-18-20-23(2)29(26,27)28/h23-25H,3-22H2,1-2H3,(H,26,27,28). The zero-order valence-corrected chi connectivity index (χ0v) is 20.2. The molecule has 0 amide bonds. The van der Waals surface area contributed by atoms with Gasteiger partial charge in [0.15, 0.2) is 0 Å². The average Bonchev–Trinajstić information content (AvgIpc) is 2.66. The minimum absolute atomic E-state index is 0.0678. The van der Waals surface area contributed by atoms with Gasteiger partial charge in [0.2, 0.25) is 0 Å². The molecule has 29 heavy (non-hydrogen) atoms. The molecule has 176 valence electrons. The SMILES string of the molecule is CCCCCC(O)CCCCCCCCCCCCCCCCC(C)S(=O)(=O)O. The van der Waals surface area contributed by atoms with Crippen molar-refractivity contribution >= 4 is 10.1 Å². The van der Waals surface area contributed by atoms with Crippen LogP contribution in [0.4, 0.5) is 0 Å². The molecule has 0 heterocycles. The van der Waals surface area contributed by atoms with Crippen LogP contribution in [0, 0.1) is 0 Å². The third-order valence-corrected chi connectivity index (χ3v) is 7.30. The summed E-state index contributed by atoms with van der Waals surface area (Å²) in [6.07, 6.45) is 23.6. The Bertz CT molecular complexity index is 436. The van der Waals surface area contributed by atoms with Crippen molar-refractivity contribution in [3.05, 3.63) is 0 Å². The molecule has 5 heteroatoms. The van der Waals surface area contributed by atoms with Crippen molar-refractivity contribution in [3.8, 4) is 0 Å². The van der Waals surface area contributed by atoms with Crippen LogP contribution in [0.25, 0.3) is 0 Å². The minimum Gasteiger partial charge on any atom is -0.393 e. The molecule has 0 saturated carbocycles. The second kappa shape index (κ2) is 19.8. The summed E-state index contributed by atoms with van der Waals surface area (Å²) in [4.78, 5) is 0. The topological polar surface area (TPSA) is 74.6 Å². The van der Waals surface area contributed by atoms with Crippen LogP contribution in [0.2, 0.25) is 0 Å². The smallest absolute Gasteiger partial charge is 0.267 e. The summed E-state index contributed by atoms with van der Waals surface area (Å²) in [5.41, 5.74) is 0. The summed E-state index contributed by atoms with van der Waals surface area (Å²) >= 11 is 0. The van der Waals surface area contributed by atoms with Crippen molar-refractivity contribution in [2.24, 2.45) is 0 Å². The first-order chi connectivity index (χ1) is 13.9. The van der Waals surface area contributed by atoms with Crippen molar-refractivity contribution in [1.29, 1.82) is 0 Å². The fraction of sp³-hybridized carbons (Fsp3) is 1.00. The zero-order valence-electron chi connectivity index (χ0n) is 19.4. The summed E-state index contributed by atoms with van der Waals surface area (Å²) in [6.45, 7) is 3.78. The van der Waals surface area contributed by atoms with Gasteiger partial charge >= 0.3 is 0 Å². The van der Waals surface area contributed by atoms with E-state index in [0.717, 1.165) is 25.7 Å². The Kier molecular flexibility index (Phi) is 19.7. The van der Waals surface area contributed by atoms with E-state index >= 15 is 0 Å². The van der Waals surface area contributed by atoms with Gasteiger partial charge in [0.1, 0.15) is 0 Å². The van der Waals surface area contributed by atoms with Gasteiger partial charge in [0, 0.05) is 0 Å². The van der Waals surface area contributed by atoms with Crippen molar-refractivity contribution < 1.29 is 18.1 Å². The van der Waals surface area contributed by atoms with Crippen LogP contribution in [0.3, 0.4) is 0 Å². The van der Waals surface area contributed by atoms with Crippen LogP contribution in [0.15, 0.2) is 0 Å². The first-order valence-electron chi connectivity index (χ1n) is 12.5. The largest absolute Gasteiger partial charge is 0.393 e. The molecule has 0 bridgehead atoms. The number of aliphatic hydroxyl groups is 1. The predicted molar refractivity (Wildman–Crippen MR) is 125 cm³/mol. The van der Waals surface area contributed by atoms with E-state index in [9.17, 15) is 13.5 Å². The number of hydrogen-bond acceptors (Lipinski definition) is 3. The molecule has 0 aliphatic carbocycles. The maximum atomic E-state index is 10.9. The van der Waals surface area contributed by atoms with Crippen molar-refractivity contribution in [2.45, 2.75) is 154 Å². The third kappa shape index (κ3) is 20.9. The van der Waals surface area contributed by atoms with Gasteiger partial charge in [-0.25, -0.2) is 0 Å². The van der Waals surface area contributed by atoms with E-state index in [-0.39, 0.29) is 6.10 Å². The molecular weight excluding hydrogens is 384 g/mol. The normalized spacial score (nSPS) is 14.2. The second-order valence-electron chi connectivity index (χ2n) is 9.00. The van der Waals surface area contributed by atoms with E-state index in [1.807, 2.05) is 0 Å². The highest BCUT2D eigenvalue weighted by Gasteiger charge is 2.15. The number of unbranched alkanes of at least 4 members (excludes halogenated alkanes) is 15. The molecule has 0 aliphatic heterocycles. The predicted octanol–water partition coefficient (Wildman–Crippen LogP) is 7.45. The van der Waals surface area contributed by atoms with E-state index in [0.29, 0.717) is 6.42 Å². The van der Waals surface area contributed by atoms with Gasteiger partial charge < -0.3 is 5.11 Å². The van der Waals surface area contributed by atoms with E-state index in [2.05, 4.69) is 6.92 Å². The molecule has 0 spiro atoms. The summed E-state index contributed by atoms with van der Waals surface area (Å²) < 4.78 is 30.8. The lowest BCUT2D eigenvalue weighted by molar-refractivity contribution is 0.147. The molecule has 0 radical (unpaired) electrons. The monoisotopic (exact) mass is 434 g/mol. The Morgan fingerprint density at radius 2 is 0.897 bits per heavy atom. The minimum atomic E-state index is -3.84. The molecule has 0 fully saturated rings. The summed E-state index contributed by atoms with van der Waals surface area (Å²) in [5, 5.41) is 9.28. The van der Waals surface area contributed by atoms with Crippen LogP contribution in [-0.2, 0) is 10.1 Å². The Labute approximate surface area is 182 Å². The van der Waals surface area contributed by atoms with E-state index in [4.69, 9.17) is 4.55 Å². The summed E-state index contributed by atoms with van der Waals surface area (Å²) in [7, 11) is -3.84. The fourth-order valence-electron chi connectivity index (χ4n) is 3.86. The summed E-state index contributed by atoms with van der Waals surface area (Å²) in [6, 6.07) is 0. The molecular formula is C24H50O4S. The third-order valence-electron chi connectivity index (χ3n) is 6.05. The van der Waals surface area contributed by atoms with Gasteiger partial charge in [-0.15, -0.1) is 0 Å². The van der Waals surface area contributed by atoms with Gasteiger partial charge in [-0.2, -0.15) is 8.42 Å². The molecule has 0 saturated heterocycles. The zero-order chi connectivity index (χ0) is 21.8. The van der Waals surface area contributed by atoms with Gasteiger partial charge in [-0.05, 0) is 26.2 Å². The Balaban J connectivity index is 3.19. The Hall–Kier alpha value is -0.130. The van der Waals surface area contributed by atoms with Gasteiger partial charge in [-0.3, -0.25) is 4.55 Å². The molecule has 2 atom stereocenters. The molecule has 2 N–H and O–H groups in total. The number of rotatable bonds is 22. The molecule has 0 aromatic heterocycles. The molecule has 2 unspecified atom stereocenters. The highest BCUT2D eigenvalue weighted by atomic mass is 32.2. The van der Waals surface area contributed by atoms with Gasteiger partial charge in [0.25, 0.3) is 10.1 Å². The maximum absolute atomic E-state index is 10.9. The van der Waals surface area contributed by atoms with Crippen molar-refractivity contribution in [3.63, 3.8) is 0 Å². The highest BCUT2D eigenvalue weighted by molar-refractivity contribution is 7.86. The van der Waals surface area contributed by atoms with Crippen LogP contribution < -0.4 is 0 Å². The lowest BCUT2D eigenvalue weighted by atomic mass is 10.0. The quantitative estimate of drug-likeness (QED) is 0.137. The number of hydrogen-bond donors (Lipinski definition) is 2. The first-order valence-corrected chi connectivity index (χ1v) is 14.0. The van der Waals surface area contributed by atoms with Crippen LogP contribution in [-0.4, -0.2) is 29.4 Å². The fourth-order valence-corrected chi connectivity index (χ4v) is 4.32. The molecule has 0 aromatic carbocycles. The highest BCUT2D eigenvalue weighted by Crippen LogP contribution is 2.16. The van der Waals surface area contributed by atoms with Gasteiger partial charge in [0.05, 0.1) is 11.4 Å². The van der Waals surface area contributed by atoms with Crippen LogP contribution in [0.5, 0.6) is 0 Å². The average molecular weight is 435 g/mol. The van der Waals surface area contributed by atoms with Crippen molar-refractivity contribution in [2.75, 3.05) is 0 Å². The summed E-state index contributed by atoms with van der Waals surface area (Å²) in [5.74, 6) is 0.